The Balaban J connectivity index is 2.02. The number of aryl methyl sites for hydroxylation is 1. The first-order valence-corrected chi connectivity index (χ1v) is 6.37. The second-order valence-corrected chi connectivity index (χ2v) is 4.88. The summed E-state index contributed by atoms with van der Waals surface area (Å²) < 4.78 is 21.1. The predicted molar refractivity (Wildman–Crippen MR) is 71.9 cm³/mol. The average molecular weight is 322 g/mol. The van der Waals surface area contributed by atoms with E-state index in [0.29, 0.717) is 16.1 Å². The van der Waals surface area contributed by atoms with Gasteiger partial charge in [-0.15, -0.1) is 0 Å². The van der Waals surface area contributed by atoms with Gasteiger partial charge in [0.25, 0.3) is 0 Å². The van der Waals surface area contributed by atoms with Gasteiger partial charge in [-0.25, -0.2) is 13.9 Å². The van der Waals surface area contributed by atoms with Crippen molar-refractivity contribution >= 4 is 21.4 Å². The molecule has 0 N–H and O–H groups in total. The molecule has 2 heterocycles. The Morgan fingerprint density at radius 1 is 1.32 bits per heavy atom. The topological polar surface area (TPSA) is 39.4 Å². The Morgan fingerprint density at radius 2 is 2.16 bits per heavy atom. The van der Waals surface area contributed by atoms with Gasteiger partial charge in [-0.1, -0.05) is 0 Å². The van der Waals surface area contributed by atoms with Gasteiger partial charge >= 0.3 is 0 Å². The first-order valence-electron chi connectivity index (χ1n) is 5.57. The minimum absolute atomic E-state index is 0.380. The smallest absolute Gasteiger partial charge is 0.245 e. The summed E-state index contributed by atoms with van der Waals surface area (Å²) in [7, 11) is 0. The molecule has 6 heteroatoms. The minimum Gasteiger partial charge on any atom is -0.437 e. The van der Waals surface area contributed by atoms with E-state index < -0.39 is 0 Å². The van der Waals surface area contributed by atoms with Gasteiger partial charge in [-0.2, -0.15) is 5.10 Å². The van der Waals surface area contributed by atoms with E-state index in [0.717, 1.165) is 11.2 Å². The van der Waals surface area contributed by atoms with E-state index in [9.17, 15) is 4.39 Å². The fourth-order valence-corrected chi connectivity index (χ4v) is 2.00. The molecule has 1 aromatic carbocycles. The van der Waals surface area contributed by atoms with Crippen molar-refractivity contribution in [3.05, 3.63) is 52.6 Å². The molecule has 3 rings (SSSR count). The highest BCUT2D eigenvalue weighted by atomic mass is 79.9. The molecule has 0 unspecified atom stereocenters. The molecule has 96 valence electrons. The maximum absolute atomic E-state index is 13.4. The van der Waals surface area contributed by atoms with Crippen molar-refractivity contribution in [1.82, 2.24) is 14.6 Å². The normalized spacial score (nSPS) is 10.9. The Morgan fingerprint density at radius 3 is 2.95 bits per heavy atom. The molecule has 0 spiro atoms. The van der Waals surface area contributed by atoms with Crippen LogP contribution in [0.15, 0.2) is 41.1 Å². The van der Waals surface area contributed by atoms with Gasteiger partial charge in [0.1, 0.15) is 17.1 Å². The monoisotopic (exact) mass is 321 g/mol. The summed E-state index contributed by atoms with van der Waals surface area (Å²) in [5.41, 5.74) is 1.60. The van der Waals surface area contributed by atoms with Crippen LogP contribution in [0.2, 0.25) is 0 Å². The Hall–Kier alpha value is -1.95. The Labute approximate surface area is 117 Å². The lowest BCUT2D eigenvalue weighted by Gasteiger charge is -2.06. The third-order valence-corrected chi connectivity index (χ3v) is 3.23. The second-order valence-electron chi connectivity index (χ2n) is 4.03. The maximum Gasteiger partial charge on any atom is 0.245 e. The van der Waals surface area contributed by atoms with Crippen LogP contribution >= 0.6 is 15.9 Å². The van der Waals surface area contributed by atoms with Crippen molar-refractivity contribution in [2.45, 2.75) is 6.92 Å². The molecule has 0 atom stereocenters. The highest BCUT2D eigenvalue weighted by molar-refractivity contribution is 9.10. The first kappa shape index (κ1) is 12.1. The van der Waals surface area contributed by atoms with Crippen LogP contribution in [0.25, 0.3) is 5.52 Å². The molecule has 4 nitrogen and oxygen atoms in total. The van der Waals surface area contributed by atoms with Gasteiger partial charge in [-0.05, 0) is 41.1 Å². The van der Waals surface area contributed by atoms with Crippen LogP contribution in [0.3, 0.4) is 0 Å². The molecular weight excluding hydrogens is 313 g/mol. The van der Waals surface area contributed by atoms with E-state index in [1.807, 2.05) is 13.0 Å². The van der Waals surface area contributed by atoms with Gasteiger partial charge in [0.05, 0.1) is 10.2 Å². The molecule has 0 aliphatic rings. The van der Waals surface area contributed by atoms with Gasteiger partial charge in [0.2, 0.25) is 5.88 Å². The van der Waals surface area contributed by atoms with E-state index in [1.54, 1.807) is 29.0 Å². The fraction of sp³-hybridized carbons (Fsp3) is 0.0769. The highest BCUT2D eigenvalue weighted by Crippen LogP contribution is 2.27. The third kappa shape index (κ3) is 2.31. The fourth-order valence-electron chi connectivity index (χ4n) is 1.75. The van der Waals surface area contributed by atoms with Crippen LogP contribution in [0.5, 0.6) is 11.6 Å². The first-order chi connectivity index (χ1) is 9.13. The lowest BCUT2D eigenvalue weighted by Crippen LogP contribution is -1.94. The number of hydrogen-bond donors (Lipinski definition) is 0. The molecule has 0 aliphatic carbocycles. The molecule has 0 bridgehead atoms. The van der Waals surface area contributed by atoms with E-state index in [2.05, 4.69) is 26.0 Å². The number of benzene rings is 1. The van der Waals surface area contributed by atoms with Gasteiger partial charge in [0.15, 0.2) is 0 Å². The van der Waals surface area contributed by atoms with Crippen molar-refractivity contribution in [3.8, 4) is 11.6 Å². The molecule has 2 aromatic heterocycles. The van der Waals surface area contributed by atoms with E-state index in [-0.39, 0.29) is 5.82 Å². The summed E-state index contributed by atoms with van der Waals surface area (Å²) in [6, 6.07) is 6.42. The number of aromatic nitrogens is 3. The molecule has 0 radical (unpaired) electrons. The van der Waals surface area contributed by atoms with Crippen LogP contribution in [-0.4, -0.2) is 14.6 Å². The summed E-state index contributed by atoms with van der Waals surface area (Å²) in [4.78, 5) is 4.15. The van der Waals surface area contributed by atoms with Gasteiger partial charge in [-0.3, -0.25) is 0 Å². The molecule has 0 amide bonds. The summed E-state index contributed by atoms with van der Waals surface area (Å²) in [5.74, 6) is 0.402. The standard InChI is InChI=1S/C13H9BrFN3O/c1-8-6-12-13(16-4-5-18(12)17-8)19-9-2-3-10(14)11(15)7-9/h2-7H,1H3. The van der Waals surface area contributed by atoms with Crippen LogP contribution in [0.1, 0.15) is 5.69 Å². The van der Waals surface area contributed by atoms with Crippen molar-refractivity contribution in [2.24, 2.45) is 0 Å². The van der Waals surface area contributed by atoms with Gasteiger partial charge in [0, 0.05) is 18.5 Å². The van der Waals surface area contributed by atoms with Crippen LogP contribution in [0.4, 0.5) is 4.39 Å². The lowest BCUT2D eigenvalue weighted by atomic mass is 10.3. The van der Waals surface area contributed by atoms with Gasteiger partial charge < -0.3 is 4.74 Å². The van der Waals surface area contributed by atoms with Crippen molar-refractivity contribution in [3.63, 3.8) is 0 Å². The summed E-state index contributed by atoms with van der Waals surface area (Å²) in [5, 5.41) is 4.26. The number of halogens is 2. The van der Waals surface area contributed by atoms with E-state index >= 15 is 0 Å². The second kappa shape index (κ2) is 4.62. The number of fused-ring (bicyclic) bond motifs is 1. The zero-order chi connectivity index (χ0) is 13.4. The minimum atomic E-state index is -0.380. The molecule has 0 aliphatic heterocycles. The zero-order valence-electron chi connectivity index (χ0n) is 9.97. The molecule has 19 heavy (non-hydrogen) atoms. The SMILES string of the molecule is Cc1cc2c(Oc3ccc(Br)c(F)c3)nccn2n1. The number of hydrogen-bond acceptors (Lipinski definition) is 3. The summed E-state index contributed by atoms with van der Waals surface area (Å²) in [6.45, 7) is 1.88. The highest BCUT2D eigenvalue weighted by Gasteiger charge is 2.09. The third-order valence-electron chi connectivity index (χ3n) is 2.58. The quantitative estimate of drug-likeness (QED) is 0.722. The molecule has 0 saturated heterocycles. The van der Waals surface area contributed by atoms with Crippen molar-refractivity contribution < 1.29 is 9.13 Å². The summed E-state index contributed by atoms with van der Waals surface area (Å²) >= 11 is 3.10. The van der Waals surface area contributed by atoms with Crippen molar-refractivity contribution in [1.29, 1.82) is 0 Å². The average Bonchev–Trinajstić information content (AvgIpc) is 2.75. The van der Waals surface area contributed by atoms with Crippen molar-refractivity contribution in [2.75, 3.05) is 0 Å². The maximum atomic E-state index is 13.4. The molecule has 0 saturated carbocycles. The molecule has 0 fully saturated rings. The summed E-state index contributed by atoms with van der Waals surface area (Å²) in [6.07, 6.45) is 3.32. The van der Waals surface area contributed by atoms with E-state index in [4.69, 9.17) is 4.74 Å². The Kier molecular flexibility index (Phi) is 2.94. The predicted octanol–water partition coefficient (Wildman–Crippen LogP) is 3.73. The Bertz CT molecular complexity index is 757. The lowest BCUT2D eigenvalue weighted by molar-refractivity contribution is 0.460. The number of nitrogens with zero attached hydrogens (tertiary/aromatic N) is 3. The van der Waals surface area contributed by atoms with Crippen LogP contribution in [0, 0.1) is 12.7 Å². The molecular formula is C13H9BrFN3O. The van der Waals surface area contributed by atoms with E-state index in [1.165, 1.54) is 6.07 Å². The largest absolute Gasteiger partial charge is 0.437 e. The number of rotatable bonds is 2. The molecule has 3 aromatic rings. The van der Waals surface area contributed by atoms with Crippen LogP contribution in [-0.2, 0) is 0 Å². The van der Waals surface area contributed by atoms with Crippen LogP contribution < -0.4 is 4.74 Å². The number of ether oxygens (including phenoxy) is 1. The zero-order valence-corrected chi connectivity index (χ0v) is 11.6.